The average molecular weight is 309 g/mol. The van der Waals surface area contributed by atoms with Gasteiger partial charge in [-0.1, -0.05) is 27.2 Å². The van der Waals surface area contributed by atoms with Gasteiger partial charge in [0, 0.05) is 19.0 Å². The van der Waals surface area contributed by atoms with Crippen LogP contribution < -0.4 is 0 Å². The molecule has 2 heterocycles. The van der Waals surface area contributed by atoms with E-state index in [1.165, 1.54) is 19.3 Å². The van der Waals surface area contributed by atoms with Gasteiger partial charge in [0.05, 0.1) is 25.7 Å². The van der Waals surface area contributed by atoms with Crippen molar-refractivity contribution in [3.05, 3.63) is 0 Å². The van der Waals surface area contributed by atoms with E-state index in [1.807, 2.05) is 0 Å². The molecule has 22 heavy (non-hydrogen) atoms. The van der Waals surface area contributed by atoms with Crippen molar-refractivity contribution < 1.29 is 14.3 Å². The molecule has 1 saturated carbocycles. The molecular formula is C18H31NO3. The van der Waals surface area contributed by atoms with Crippen molar-refractivity contribution in [1.29, 1.82) is 0 Å². The molecule has 3 aliphatic rings. The van der Waals surface area contributed by atoms with Crippen molar-refractivity contribution >= 4 is 5.97 Å². The van der Waals surface area contributed by atoms with Gasteiger partial charge < -0.3 is 9.47 Å². The van der Waals surface area contributed by atoms with Crippen LogP contribution in [0.5, 0.6) is 0 Å². The van der Waals surface area contributed by atoms with E-state index < -0.39 is 0 Å². The zero-order chi connectivity index (χ0) is 15.7. The minimum absolute atomic E-state index is 0.00206. The van der Waals surface area contributed by atoms with Gasteiger partial charge in [0.1, 0.15) is 6.10 Å². The molecule has 3 fully saturated rings. The molecule has 0 radical (unpaired) electrons. The normalized spacial score (nSPS) is 40.9. The predicted molar refractivity (Wildman–Crippen MR) is 85.5 cm³/mol. The fourth-order valence-electron chi connectivity index (χ4n) is 4.84. The van der Waals surface area contributed by atoms with E-state index >= 15 is 0 Å². The number of nitrogens with zero attached hydrogens (tertiary/aromatic N) is 1. The Bertz CT molecular complexity index is 392. The smallest absolute Gasteiger partial charge is 0.307 e. The molecule has 0 aromatic carbocycles. The Balaban J connectivity index is 1.77. The summed E-state index contributed by atoms with van der Waals surface area (Å²) < 4.78 is 11.3. The lowest BCUT2D eigenvalue weighted by Crippen LogP contribution is -2.51. The topological polar surface area (TPSA) is 38.8 Å². The lowest BCUT2D eigenvalue weighted by molar-refractivity contribution is -0.146. The van der Waals surface area contributed by atoms with Gasteiger partial charge in [0.15, 0.2) is 0 Å². The van der Waals surface area contributed by atoms with Gasteiger partial charge >= 0.3 is 5.97 Å². The molecule has 0 spiro atoms. The number of hydrogen-bond acceptors (Lipinski definition) is 4. The average Bonchev–Trinajstić information content (AvgIpc) is 2.89. The van der Waals surface area contributed by atoms with Crippen LogP contribution in [0.25, 0.3) is 0 Å². The van der Waals surface area contributed by atoms with E-state index in [4.69, 9.17) is 9.47 Å². The highest BCUT2D eigenvalue weighted by atomic mass is 16.6. The summed E-state index contributed by atoms with van der Waals surface area (Å²) in [5.41, 5.74) is 0. The highest BCUT2D eigenvalue weighted by Crippen LogP contribution is 2.44. The van der Waals surface area contributed by atoms with Crippen LogP contribution in [0.1, 0.15) is 46.5 Å². The molecule has 0 N–H and O–H groups in total. The van der Waals surface area contributed by atoms with E-state index in [0.29, 0.717) is 24.2 Å². The number of ether oxygens (including phenoxy) is 2. The molecule has 5 atom stereocenters. The summed E-state index contributed by atoms with van der Waals surface area (Å²) in [6.07, 6.45) is 4.48. The quantitative estimate of drug-likeness (QED) is 0.751. The summed E-state index contributed by atoms with van der Waals surface area (Å²) in [6, 6.07) is 0.271. The van der Waals surface area contributed by atoms with Gasteiger partial charge in [-0.15, -0.1) is 0 Å². The molecular weight excluding hydrogens is 278 g/mol. The number of hydrogen-bond donors (Lipinski definition) is 0. The first-order valence-electron chi connectivity index (χ1n) is 9.07. The standard InChI is InChI=1S/C18H31NO3/c1-12(2)14-5-4-13(3)10-15(14)18-16(11-17(20)22-18)19-6-8-21-9-7-19/h12-16,18H,4-11H2,1-3H3/t13?,14?,15?,16-,18+/m1/s1. The van der Waals surface area contributed by atoms with E-state index in [9.17, 15) is 4.79 Å². The van der Waals surface area contributed by atoms with Crippen molar-refractivity contribution in [3.8, 4) is 0 Å². The zero-order valence-corrected chi connectivity index (χ0v) is 14.3. The molecule has 3 unspecified atom stereocenters. The Kier molecular flexibility index (Phi) is 5.08. The first-order valence-corrected chi connectivity index (χ1v) is 9.07. The molecule has 126 valence electrons. The van der Waals surface area contributed by atoms with Crippen molar-refractivity contribution in [2.75, 3.05) is 26.3 Å². The minimum Gasteiger partial charge on any atom is -0.460 e. The highest BCUT2D eigenvalue weighted by Gasteiger charge is 2.47. The second-order valence-electron chi connectivity index (χ2n) is 7.86. The van der Waals surface area contributed by atoms with Crippen molar-refractivity contribution in [3.63, 3.8) is 0 Å². The van der Waals surface area contributed by atoms with Gasteiger partial charge in [-0.25, -0.2) is 0 Å². The van der Waals surface area contributed by atoms with Gasteiger partial charge in [-0.05, 0) is 30.6 Å². The maximum absolute atomic E-state index is 12.0. The summed E-state index contributed by atoms with van der Waals surface area (Å²) in [7, 11) is 0. The first-order chi connectivity index (χ1) is 10.6. The molecule has 0 aromatic heterocycles. The van der Waals surface area contributed by atoms with Crippen LogP contribution in [-0.2, 0) is 14.3 Å². The number of cyclic esters (lactones) is 1. The van der Waals surface area contributed by atoms with Crippen molar-refractivity contribution in [2.45, 2.75) is 58.6 Å². The maximum Gasteiger partial charge on any atom is 0.307 e. The zero-order valence-electron chi connectivity index (χ0n) is 14.3. The predicted octanol–water partition coefficient (Wildman–Crippen LogP) is 2.71. The SMILES string of the molecule is CC1CCC(C(C)C)C([C@@H]2OC(=O)C[C@H]2N2CCOCC2)C1. The molecule has 3 rings (SSSR count). The lowest BCUT2D eigenvalue weighted by atomic mass is 9.67. The Hall–Kier alpha value is -0.610. The van der Waals surface area contributed by atoms with E-state index in [-0.39, 0.29) is 18.1 Å². The lowest BCUT2D eigenvalue weighted by Gasteiger charge is -2.43. The van der Waals surface area contributed by atoms with Crippen LogP contribution in [-0.4, -0.2) is 49.3 Å². The van der Waals surface area contributed by atoms with Gasteiger partial charge in [-0.3, -0.25) is 9.69 Å². The third kappa shape index (κ3) is 3.33. The summed E-state index contributed by atoms with van der Waals surface area (Å²) in [5, 5.41) is 0. The van der Waals surface area contributed by atoms with E-state index in [0.717, 1.165) is 32.2 Å². The summed E-state index contributed by atoms with van der Waals surface area (Å²) in [4.78, 5) is 14.5. The number of rotatable bonds is 3. The molecule has 2 aliphatic heterocycles. The summed E-state index contributed by atoms with van der Waals surface area (Å²) in [5.74, 6) is 2.65. The maximum atomic E-state index is 12.0. The fourth-order valence-corrected chi connectivity index (χ4v) is 4.84. The van der Waals surface area contributed by atoms with Crippen molar-refractivity contribution in [2.24, 2.45) is 23.7 Å². The highest BCUT2D eigenvalue weighted by molar-refractivity contribution is 5.73. The number of morpholine rings is 1. The van der Waals surface area contributed by atoms with Gasteiger partial charge in [0.25, 0.3) is 0 Å². The third-order valence-electron chi connectivity index (χ3n) is 6.03. The first kappa shape index (κ1) is 16.3. The molecule has 0 bridgehead atoms. The third-order valence-corrected chi connectivity index (χ3v) is 6.03. The second-order valence-corrected chi connectivity index (χ2v) is 7.86. The van der Waals surface area contributed by atoms with Crippen LogP contribution >= 0.6 is 0 Å². The molecule has 4 heteroatoms. The monoisotopic (exact) mass is 309 g/mol. The van der Waals surface area contributed by atoms with Gasteiger partial charge in [0.2, 0.25) is 0 Å². The summed E-state index contributed by atoms with van der Waals surface area (Å²) >= 11 is 0. The van der Waals surface area contributed by atoms with Crippen LogP contribution in [0, 0.1) is 23.7 Å². The molecule has 2 saturated heterocycles. The summed E-state index contributed by atoms with van der Waals surface area (Å²) in [6.45, 7) is 10.4. The molecule has 0 aromatic rings. The van der Waals surface area contributed by atoms with Crippen LogP contribution in [0.3, 0.4) is 0 Å². The van der Waals surface area contributed by atoms with E-state index in [1.54, 1.807) is 0 Å². The van der Waals surface area contributed by atoms with Crippen molar-refractivity contribution in [1.82, 2.24) is 4.90 Å². The Morgan fingerprint density at radius 3 is 2.59 bits per heavy atom. The largest absolute Gasteiger partial charge is 0.460 e. The molecule has 4 nitrogen and oxygen atoms in total. The van der Waals surface area contributed by atoms with Crippen LogP contribution in [0.15, 0.2) is 0 Å². The second kappa shape index (κ2) is 6.88. The van der Waals surface area contributed by atoms with Crippen LogP contribution in [0.2, 0.25) is 0 Å². The Labute approximate surface area is 134 Å². The number of carbonyl (C=O) groups is 1. The van der Waals surface area contributed by atoms with Crippen LogP contribution in [0.4, 0.5) is 0 Å². The van der Waals surface area contributed by atoms with E-state index in [2.05, 4.69) is 25.7 Å². The minimum atomic E-state index is 0.00206. The Morgan fingerprint density at radius 1 is 1.18 bits per heavy atom. The fraction of sp³-hybridized carbons (Fsp3) is 0.944. The van der Waals surface area contributed by atoms with Gasteiger partial charge in [-0.2, -0.15) is 0 Å². The number of esters is 1. The molecule has 0 amide bonds. The Morgan fingerprint density at radius 2 is 1.91 bits per heavy atom. The molecule has 1 aliphatic carbocycles. The number of carbonyl (C=O) groups excluding carboxylic acids is 1.